The van der Waals surface area contributed by atoms with E-state index in [1.54, 1.807) is 30.3 Å². The maximum atomic E-state index is 13.0. The maximum Gasteiger partial charge on any atom is 0.252 e. The molecule has 2 amide bonds. The maximum absolute atomic E-state index is 13.0. The first-order valence-electron chi connectivity index (χ1n) is 9.76. The number of benzene rings is 2. The lowest BCUT2D eigenvalue weighted by Gasteiger charge is -2.24. The van der Waals surface area contributed by atoms with Gasteiger partial charge in [0.05, 0.1) is 19.9 Å². The molecule has 0 radical (unpaired) electrons. The summed E-state index contributed by atoms with van der Waals surface area (Å²) in [6.07, 6.45) is 0. The first-order valence-corrected chi connectivity index (χ1v) is 10.6. The van der Waals surface area contributed by atoms with Crippen molar-refractivity contribution < 1.29 is 28.5 Å². The summed E-state index contributed by atoms with van der Waals surface area (Å²) in [6, 6.07) is 7.51. The molecule has 0 fully saturated rings. The van der Waals surface area contributed by atoms with Crippen molar-refractivity contribution in [2.75, 3.05) is 32.8 Å². The minimum Gasteiger partial charge on any atom is -0.497 e. The van der Waals surface area contributed by atoms with E-state index in [1.807, 2.05) is 13.8 Å². The summed E-state index contributed by atoms with van der Waals surface area (Å²) in [7, 11) is 3.01. The summed E-state index contributed by atoms with van der Waals surface area (Å²) < 4.78 is 22.2. The fourth-order valence-corrected chi connectivity index (χ4v) is 3.49. The van der Waals surface area contributed by atoms with Crippen LogP contribution in [0.25, 0.3) is 0 Å². The van der Waals surface area contributed by atoms with Gasteiger partial charge < -0.3 is 29.6 Å². The van der Waals surface area contributed by atoms with Crippen LogP contribution in [0.2, 0.25) is 0 Å². The molecule has 0 bridgehead atoms. The van der Waals surface area contributed by atoms with E-state index in [4.69, 9.17) is 18.9 Å². The van der Waals surface area contributed by atoms with Gasteiger partial charge in [-0.2, -0.15) is 0 Å². The van der Waals surface area contributed by atoms with Gasteiger partial charge in [-0.15, -0.1) is 0 Å². The Hall–Kier alpha value is -2.94. The molecule has 0 aromatic heterocycles. The molecule has 2 aromatic carbocycles. The van der Waals surface area contributed by atoms with E-state index in [9.17, 15) is 9.59 Å². The normalized spacial score (nSPS) is 13.4. The molecule has 2 N–H and O–H groups in total. The van der Waals surface area contributed by atoms with Crippen LogP contribution >= 0.6 is 15.9 Å². The Balaban J connectivity index is 1.78. The molecule has 2 aromatic rings. The zero-order valence-electron chi connectivity index (χ0n) is 17.8. The topological polar surface area (TPSA) is 95.1 Å². The van der Waals surface area contributed by atoms with Crippen LogP contribution in [0.15, 0.2) is 34.8 Å². The highest BCUT2D eigenvalue weighted by Crippen LogP contribution is 2.38. The SMILES string of the molecule is COc1cc(OC)cc(C(=O)NC(C(=O)Nc2cc3c(cc2Br)OCCO3)C(C)C)c1. The smallest absolute Gasteiger partial charge is 0.252 e. The number of carbonyl (C=O) groups excluding carboxylic acids is 2. The number of methoxy groups -OCH3 is 2. The number of fused-ring (bicyclic) bond motifs is 1. The van der Waals surface area contributed by atoms with Crippen molar-refractivity contribution in [1.82, 2.24) is 5.32 Å². The predicted molar refractivity (Wildman–Crippen MR) is 119 cm³/mol. The van der Waals surface area contributed by atoms with E-state index >= 15 is 0 Å². The van der Waals surface area contributed by atoms with Crippen molar-refractivity contribution in [2.45, 2.75) is 19.9 Å². The van der Waals surface area contributed by atoms with Crippen LogP contribution < -0.4 is 29.6 Å². The third-order valence-electron chi connectivity index (χ3n) is 4.74. The largest absolute Gasteiger partial charge is 0.497 e. The second-order valence-corrected chi connectivity index (χ2v) is 8.12. The zero-order chi connectivity index (χ0) is 22.5. The highest BCUT2D eigenvalue weighted by Gasteiger charge is 2.26. The summed E-state index contributed by atoms with van der Waals surface area (Å²) >= 11 is 3.44. The van der Waals surface area contributed by atoms with Crippen LogP contribution in [-0.2, 0) is 4.79 Å². The number of rotatable bonds is 7. The molecule has 3 rings (SSSR count). The number of nitrogens with one attached hydrogen (secondary N) is 2. The van der Waals surface area contributed by atoms with E-state index in [1.165, 1.54) is 14.2 Å². The molecule has 0 saturated heterocycles. The van der Waals surface area contributed by atoms with Crippen LogP contribution in [-0.4, -0.2) is 45.3 Å². The highest BCUT2D eigenvalue weighted by molar-refractivity contribution is 9.10. The molecular formula is C22H25BrN2O6. The van der Waals surface area contributed by atoms with Crippen molar-refractivity contribution in [3.05, 3.63) is 40.4 Å². The summed E-state index contributed by atoms with van der Waals surface area (Å²) in [5, 5.41) is 5.66. The molecule has 0 spiro atoms. The summed E-state index contributed by atoms with van der Waals surface area (Å²) in [6.45, 7) is 4.63. The monoisotopic (exact) mass is 492 g/mol. The van der Waals surface area contributed by atoms with Gasteiger partial charge in [-0.25, -0.2) is 0 Å². The molecule has 1 aliphatic heterocycles. The lowest BCUT2D eigenvalue weighted by molar-refractivity contribution is -0.118. The highest BCUT2D eigenvalue weighted by atomic mass is 79.9. The van der Waals surface area contributed by atoms with Crippen molar-refractivity contribution in [2.24, 2.45) is 5.92 Å². The third kappa shape index (κ3) is 5.41. The molecular weight excluding hydrogens is 468 g/mol. The number of hydrogen-bond acceptors (Lipinski definition) is 6. The van der Waals surface area contributed by atoms with Crippen molar-refractivity contribution in [1.29, 1.82) is 0 Å². The molecule has 31 heavy (non-hydrogen) atoms. The standard InChI is InChI=1S/C22H25BrN2O6/c1-12(2)20(25-21(26)13-7-14(28-3)9-15(8-13)29-4)22(27)24-17-11-19-18(10-16(17)23)30-5-6-31-19/h7-12,20H,5-6H2,1-4H3,(H,24,27)(H,25,26). The summed E-state index contributed by atoms with van der Waals surface area (Å²) in [5.74, 6) is 1.20. The Morgan fingerprint density at radius 3 is 2.10 bits per heavy atom. The molecule has 0 saturated carbocycles. The second-order valence-electron chi connectivity index (χ2n) is 7.26. The van der Waals surface area contributed by atoms with Gasteiger partial charge in [-0.1, -0.05) is 13.8 Å². The quantitative estimate of drug-likeness (QED) is 0.612. The fraction of sp³-hybridized carbons (Fsp3) is 0.364. The molecule has 1 atom stereocenters. The van der Waals surface area contributed by atoms with E-state index < -0.39 is 11.9 Å². The van der Waals surface area contributed by atoms with E-state index in [2.05, 4.69) is 26.6 Å². The number of halogens is 1. The second kappa shape index (κ2) is 9.91. The van der Waals surface area contributed by atoms with Crippen LogP contribution in [0, 0.1) is 5.92 Å². The van der Waals surface area contributed by atoms with Gasteiger partial charge in [-0.05, 0) is 34.0 Å². The molecule has 8 nitrogen and oxygen atoms in total. The van der Waals surface area contributed by atoms with Gasteiger partial charge in [0.2, 0.25) is 5.91 Å². The average molecular weight is 493 g/mol. The van der Waals surface area contributed by atoms with Crippen molar-refractivity contribution >= 4 is 33.4 Å². The molecule has 1 unspecified atom stereocenters. The van der Waals surface area contributed by atoms with Crippen LogP contribution in [0.4, 0.5) is 5.69 Å². The number of anilines is 1. The molecule has 1 heterocycles. The first-order chi connectivity index (χ1) is 14.8. The Morgan fingerprint density at radius 2 is 1.55 bits per heavy atom. The minimum absolute atomic E-state index is 0.160. The Morgan fingerprint density at radius 1 is 0.968 bits per heavy atom. The molecule has 9 heteroatoms. The number of carbonyl (C=O) groups is 2. The first kappa shape index (κ1) is 22.7. The number of hydrogen-bond donors (Lipinski definition) is 2. The van der Waals surface area contributed by atoms with Crippen LogP contribution in [0.5, 0.6) is 23.0 Å². The van der Waals surface area contributed by atoms with E-state index in [-0.39, 0.29) is 11.8 Å². The Labute approximate surface area is 189 Å². The molecule has 0 aliphatic carbocycles. The minimum atomic E-state index is -0.773. The Kier molecular flexibility index (Phi) is 7.27. The predicted octanol–water partition coefficient (Wildman–Crippen LogP) is 3.63. The summed E-state index contributed by atoms with van der Waals surface area (Å²) in [4.78, 5) is 25.9. The lowest BCUT2D eigenvalue weighted by atomic mass is 10.0. The lowest BCUT2D eigenvalue weighted by Crippen LogP contribution is -2.47. The van der Waals surface area contributed by atoms with Crippen LogP contribution in [0.3, 0.4) is 0 Å². The van der Waals surface area contributed by atoms with Gasteiger partial charge in [0.1, 0.15) is 30.8 Å². The van der Waals surface area contributed by atoms with Gasteiger partial charge in [0, 0.05) is 28.2 Å². The zero-order valence-corrected chi connectivity index (χ0v) is 19.4. The molecule has 166 valence electrons. The average Bonchev–Trinajstić information content (AvgIpc) is 2.76. The van der Waals surface area contributed by atoms with Gasteiger partial charge >= 0.3 is 0 Å². The van der Waals surface area contributed by atoms with Gasteiger partial charge in [0.25, 0.3) is 5.91 Å². The third-order valence-corrected chi connectivity index (χ3v) is 5.40. The molecule has 1 aliphatic rings. The summed E-state index contributed by atoms with van der Waals surface area (Å²) in [5.41, 5.74) is 0.854. The van der Waals surface area contributed by atoms with E-state index in [0.29, 0.717) is 51.9 Å². The number of ether oxygens (including phenoxy) is 4. The van der Waals surface area contributed by atoms with Crippen molar-refractivity contribution in [3.63, 3.8) is 0 Å². The Bertz CT molecular complexity index is 956. The van der Waals surface area contributed by atoms with Gasteiger partial charge in [0.15, 0.2) is 11.5 Å². The fourth-order valence-electron chi connectivity index (χ4n) is 3.07. The van der Waals surface area contributed by atoms with Crippen molar-refractivity contribution in [3.8, 4) is 23.0 Å². The van der Waals surface area contributed by atoms with Crippen LogP contribution in [0.1, 0.15) is 24.2 Å². The van der Waals surface area contributed by atoms with E-state index in [0.717, 1.165) is 0 Å². The van der Waals surface area contributed by atoms with Gasteiger partial charge in [-0.3, -0.25) is 9.59 Å². The number of amides is 2.